The maximum Gasteiger partial charge on any atom is 0.417 e. The van der Waals surface area contributed by atoms with Gasteiger partial charge in [0.15, 0.2) is 0 Å². The fourth-order valence-electron chi connectivity index (χ4n) is 13.4. The number of hydrogen-bond donors (Lipinski definition) is 5. The largest absolute Gasteiger partial charge is 0.491 e. The van der Waals surface area contributed by atoms with Crippen LogP contribution >= 0.6 is 46.4 Å². The average Bonchev–Trinajstić information content (AvgIpc) is 0.819. The van der Waals surface area contributed by atoms with Crippen molar-refractivity contribution in [3.05, 3.63) is 232 Å². The van der Waals surface area contributed by atoms with Crippen molar-refractivity contribution >= 4 is 92.8 Å². The molecule has 654 valence electrons. The number of aryl methyl sites for hydroxylation is 4. The van der Waals surface area contributed by atoms with Gasteiger partial charge in [-0.05, 0) is 180 Å². The highest BCUT2D eigenvalue weighted by atomic mass is 35.5. The van der Waals surface area contributed by atoms with E-state index in [-0.39, 0.29) is 28.3 Å². The number of nitrogens with zero attached hydrogens (tertiary/aromatic N) is 5. The molecule has 4 fully saturated rings. The van der Waals surface area contributed by atoms with E-state index in [1.807, 2.05) is 0 Å². The second-order valence-electron chi connectivity index (χ2n) is 28.9. The molecule has 4 aliphatic rings. The van der Waals surface area contributed by atoms with Crippen LogP contribution in [-0.2, 0) is 29.4 Å². The number of piperazine rings is 2. The third kappa shape index (κ3) is 29.0. The van der Waals surface area contributed by atoms with E-state index in [9.17, 15) is 71.9 Å². The van der Waals surface area contributed by atoms with Gasteiger partial charge in [-0.1, -0.05) is 101 Å². The maximum absolute atomic E-state index is 13.1. The Morgan fingerprint density at radius 3 is 0.884 bits per heavy atom. The fourth-order valence-corrected chi connectivity index (χ4v) is 14.3. The van der Waals surface area contributed by atoms with E-state index in [4.69, 9.17) is 70.1 Å². The molecule has 0 atom stereocenters. The van der Waals surface area contributed by atoms with Crippen LogP contribution in [0, 0.1) is 27.7 Å². The van der Waals surface area contributed by atoms with E-state index in [1.54, 1.807) is 100 Å². The van der Waals surface area contributed by atoms with Crippen molar-refractivity contribution < 1.29 is 95.5 Å². The highest BCUT2D eigenvalue weighted by Crippen LogP contribution is 2.41. The molecule has 0 bridgehead atoms. The number of likely N-dealkylation sites (tertiary alicyclic amines) is 1. The van der Waals surface area contributed by atoms with Crippen LogP contribution in [0.25, 0.3) is 0 Å². The van der Waals surface area contributed by atoms with Crippen LogP contribution in [0.4, 0.5) is 75.4 Å². The first-order valence-corrected chi connectivity index (χ1v) is 40.4. The summed E-state index contributed by atoms with van der Waals surface area (Å²) in [5.41, 5.74) is -0.142. The van der Waals surface area contributed by atoms with Crippen LogP contribution in [-0.4, -0.2) is 200 Å². The van der Waals surface area contributed by atoms with Crippen LogP contribution in [0.15, 0.2) is 146 Å². The van der Waals surface area contributed by atoms with Crippen LogP contribution in [0.5, 0.6) is 23.0 Å². The van der Waals surface area contributed by atoms with Gasteiger partial charge in [-0.25, -0.2) is 0 Å². The molecule has 4 aliphatic heterocycles. The summed E-state index contributed by atoms with van der Waals surface area (Å²) in [5, 5.41) is 11.7. The van der Waals surface area contributed by atoms with Crippen molar-refractivity contribution in [3.63, 3.8) is 0 Å². The molecule has 0 aromatic heterocycles. The smallest absolute Gasteiger partial charge is 0.417 e. The normalized spacial score (nSPS) is 15.2. The van der Waals surface area contributed by atoms with Crippen molar-refractivity contribution in [3.8, 4) is 23.0 Å². The Morgan fingerprint density at radius 2 is 0.612 bits per heavy atom. The molecule has 35 heteroatoms. The lowest BCUT2D eigenvalue weighted by Gasteiger charge is -2.32. The molecule has 0 aliphatic carbocycles. The average molecular weight is 1780 g/mol. The van der Waals surface area contributed by atoms with Crippen LogP contribution in [0.2, 0.25) is 20.1 Å². The monoisotopic (exact) mass is 1780 g/mol. The van der Waals surface area contributed by atoms with Gasteiger partial charge in [0.25, 0.3) is 23.6 Å². The number of likely N-dealkylation sites (N-methyl/N-ethyl adjacent to an activating group) is 1. The summed E-state index contributed by atoms with van der Waals surface area (Å²) in [6.07, 6.45) is -14.8. The number of benzene rings is 8. The van der Waals surface area contributed by atoms with E-state index in [1.165, 1.54) is 43.5 Å². The van der Waals surface area contributed by atoms with E-state index < -0.39 is 90.7 Å². The van der Waals surface area contributed by atoms with Crippen molar-refractivity contribution in [1.82, 2.24) is 29.8 Å². The second kappa shape index (κ2) is 44.8. The zero-order chi connectivity index (χ0) is 87.8. The lowest BCUT2D eigenvalue weighted by molar-refractivity contribution is -0.138. The standard InChI is InChI=1S/C22H25ClF3N3O2.C22H24ClF3N2O2.C21H23ClF3N3O2.C21H22ClF3N2O3/c1-15-4-3-5-19(31-13-12-29-10-8-28(2)9-11-29)20(15)21(30)27-16-6-7-18(23)17(14-16)22(24,25)26;1-15-6-5-7-19(30-13-12-28-10-3-2-4-11-28)20(15)21(29)27-16-8-9-18(23)17(14-16)22(24,25)26;1-14-3-2-4-18(30-12-11-28-9-7-26-8-10-28)19(14)20(29)27-15-5-6-17(22)16(13-15)21(23,24)25;1-14-3-2-4-18(30-12-9-27-7-10-29-11-8-27)19(14)20(28)26-15-5-6-17(22)16(13-15)21(23,24)25/h3-7,14H,8-13H2,1-2H3,(H,27,30);5-9,14H,2-4,10-13H2,1H3,(H,27,29);2-6,13,26H,7-12H2,1H3,(H,27,29);2-6,13H,7-12H2,1H3,(H,26,28). The number of halogens is 16. The molecule has 0 unspecified atom stereocenters. The van der Waals surface area contributed by atoms with Gasteiger partial charge in [0.2, 0.25) is 0 Å². The molecule has 8 aromatic rings. The molecule has 19 nitrogen and oxygen atoms in total. The molecule has 4 amide bonds. The third-order valence-corrected chi connectivity index (χ3v) is 21.3. The van der Waals surface area contributed by atoms with Crippen molar-refractivity contribution in [2.24, 2.45) is 0 Å². The number of ether oxygens (including phenoxy) is 5. The summed E-state index contributed by atoms with van der Waals surface area (Å²) in [7, 11) is 2.09. The molecule has 0 spiro atoms. The zero-order valence-corrected chi connectivity index (χ0v) is 70.0. The van der Waals surface area contributed by atoms with E-state index in [2.05, 4.69) is 58.1 Å². The van der Waals surface area contributed by atoms with Crippen LogP contribution in [0.1, 0.15) is 105 Å². The summed E-state index contributed by atoms with van der Waals surface area (Å²) in [6, 6.07) is 33.9. The number of hydrogen-bond acceptors (Lipinski definition) is 15. The lowest BCUT2D eigenvalue weighted by Crippen LogP contribution is -2.45. The Kier molecular flexibility index (Phi) is 35.4. The number of carbonyl (C=O) groups excluding carboxylic acids is 4. The maximum atomic E-state index is 13.1. The van der Waals surface area contributed by atoms with Gasteiger partial charge in [-0.3, -0.25) is 38.8 Å². The van der Waals surface area contributed by atoms with Gasteiger partial charge in [0.1, 0.15) is 49.4 Å². The zero-order valence-electron chi connectivity index (χ0n) is 67.0. The lowest BCUT2D eigenvalue weighted by atomic mass is 10.1. The molecule has 121 heavy (non-hydrogen) atoms. The van der Waals surface area contributed by atoms with Gasteiger partial charge in [0, 0.05) is 114 Å². The minimum Gasteiger partial charge on any atom is -0.491 e. The van der Waals surface area contributed by atoms with Crippen molar-refractivity contribution in [1.29, 1.82) is 0 Å². The molecule has 0 saturated carbocycles. The SMILES string of the molecule is Cc1cccc(OCCN2CCCCC2)c1C(=O)Nc1ccc(Cl)c(C(F)(F)F)c1.Cc1cccc(OCCN2CCN(C)CC2)c1C(=O)Nc1ccc(Cl)c(C(F)(F)F)c1.Cc1cccc(OCCN2CCNCC2)c1C(=O)Nc1ccc(Cl)c(C(F)(F)F)c1.Cc1cccc(OCCN2CCOCC2)c1C(=O)Nc1ccc(Cl)c(C(F)(F)F)c1. The van der Waals surface area contributed by atoms with Gasteiger partial charge < -0.3 is 55.2 Å². The van der Waals surface area contributed by atoms with Crippen LogP contribution in [0.3, 0.4) is 0 Å². The number of piperidine rings is 1. The number of rotatable bonds is 24. The van der Waals surface area contributed by atoms with Gasteiger partial charge >= 0.3 is 24.7 Å². The summed E-state index contributed by atoms with van der Waals surface area (Å²) in [6.45, 7) is 24.3. The summed E-state index contributed by atoms with van der Waals surface area (Å²) in [5.74, 6) is -0.574. The summed E-state index contributed by atoms with van der Waals surface area (Å²) < 4.78 is 186. The molecule has 5 N–H and O–H groups in total. The number of morpholine rings is 1. The minimum atomic E-state index is -4.62. The Morgan fingerprint density at radius 1 is 0.355 bits per heavy atom. The quantitative estimate of drug-likeness (QED) is 0.0359. The van der Waals surface area contributed by atoms with Gasteiger partial charge in [0.05, 0.1) is 77.8 Å². The molecule has 4 saturated heterocycles. The van der Waals surface area contributed by atoms with Crippen molar-refractivity contribution in [2.45, 2.75) is 71.7 Å². The number of alkyl halides is 12. The van der Waals surface area contributed by atoms with Crippen LogP contribution < -0.4 is 45.5 Å². The van der Waals surface area contributed by atoms with E-state index >= 15 is 0 Å². The molecule has 4 heterocycles. The van der Waals surface area contributed by atoms with Gasteiger partial charge in [-0.2, -0.15) is 52.7 Å². The summed E-state index contributed by atoms with van der Waals surface area (Å²) in [4.78, 5) is 62.8. The third-order valence-electron chi connectivity index (χ3n) is 20.0. The number of amides is 4. The molecule has 0 radical (unpaired) electrons. The highest BCUT2D eigenvalue weighted by Gasteiger charge is 2.38. The summed E-state index contributed by atoms with van der Waals surface area (Å²) >= 11 is 22.6. The Balaban J connectivity index is 0.000000183. The molecular weight excluding hydrogens is 1690 g/mol. The predicted molar refractivity (Wildman–Crippen MR) is 445 cm³/mol. The first kappa shape index (κ1) is 95.7. The predicted octanol–water partition coefficient (Wildman–Crippen LogP) is 19.2. The van der Waals surface area contributed by atoms with Crippen molar-refractivity contribution in [2.75, 3.05) is 173 Å². The number of carbonyl (C=O) groups is 4. The topological polar surface area (TPSA) is 191 Å². The fraction of sp³-hybridized carbons (Fsp3) is 0.395. The number of nitrogens with one attached hydrogen (secondary N) is 5. The van der Waals surface area contributed by atoms with E-state index in [0.29, 0.717) is 108 Å². The number of anilines is 4. The minimum absolute atomic E-state index is 0.000699. The molecule has 8 aromatic carbocycles. The first-order chi connectivity index (χ1) is 57.4. The van der Waals surface area contributed by atoms with Gasteiger partial charge in [-0.15, -0.1) is 0 Å². The highest BCUT2D eigenvalue weighted by molar-refractivity contribution is 6.32. The Labute approximate surface area is 714 Å². The first-order valence-electron chi connectivity index (χ1n) is 38.9. The Hall–Kier alpha value is -9.12. The molecule has 12 rings (SSSR count). The Bertz CT molecular complexity index is 4460. The van der Waals surface area contributed by atoms with E-state index in [0.717, 1.165) is 147 Å². The molecular formula is C86H94Cl4F12N10O9. The second-order valence-corrected chi connectivity index (χ2v) is 30.5.